The van der Waals surface area contributed by atoms with E-state index in [0.29, 0.717) is 5.56 Å². The first kappa shape index (κ1) is 10.3. The molecule has 1 aromatic carbocycles. The van der Waals surface area contributed by atoms with Crippen LogP contribution in [0, 0.1) is 6.92 Å². The molecule has 0 saturated carbocycles. The number of rotatable bonds is 1. The van der Waals surface area contributed by atoms with Crippen LogP contribution in [-0.2, 0) is 0 Å². The summed E-state index contributed by atoms with van der Waals surface area (Å²) in [6.45, 7) is 1.95. The highest BCUT2D eigenvalue weighted by molar-refractivity contribution is 7.09. The van der Waals surface area contributed by atoms with Gasteiger partial charge in [0.1, 0.15) is 6.17 Å². The van der Waals surface area contributed by atoms with Crippen LogP contribution < -0.4 is 10.6 Å². The van der Waals surface area contributed by atoms with Crippen molar-refractivity contribution in [3.63, 3.8) is 0 Å². The summed E-state index contributed by atoms with van der Waals surface area (Å²) in [5.41, 5.74) is 2.39. The first-order valence-corrected chi connectivity index (χ1v) is 6.20. The summed E-state index contributed by atoms with van der Waals surface area (Å²) in [5.74, 6) is -0.0602. The van der Waals surface area contributed by atoms with Crippen molar-refractivity contribution in [2.75, 3.05) is 5.32 Å². The lowest BCUT2D eigenvalue weighted by molar-refractivity contribution is 0.0935. The Morgan fingerprint density at radius 3 is 2.88 bits per heavy atom. The molecule has 0 aliphatic carbocycles. The second-order valence-corrected chi connectivity index (χ2v) is 4.95. The second-order valence-electron chi connectivity index (χ2n) is 3.89. The van der Waals surface area contributed by atoms with E-state index in [-0.39, 0.29) is 12.1 Å². The number of hydrogen-bond donors (Lipinski definition) is 2. The third-order valence-corrected chi connectivity index (χ3v) is 3.47. The average Bonchev–Trinajstić information content (AvgIpc) is 2.76. The van der Waals surface area contributed by atoms with Crippen molar-refractivity contribution in [1.29, 1.82) is 0 Å². The van der Waals surface area contributed by atoms with Crippen LogP contribution in [-0.4, -0.2) is 10.9 Å². The van der Waals surface area contributed by atoms with E-state index < -0.39 is 0 Å². The van der Waals surface area contributed by atoms with E-state index in [0.717, 1.165) is 16.4 Å². The van der Waals surface area contributed by atoms with E-state index in [1.165, 1.54) is 0 Å². The Bertz CT molecular complexity index is 579. The number of aryl methyl sites for hydroxylation is 1. The monoisotopic (exact) mass is 245 g/mol. The van der Waals surface area contributed by atoms with E-state index in [1.54, 1.807) is 17.4 Å². The summed E-state index contributed by atoms with van der Waals surface area (Å²) in [6.07, 6.45) is -0.234. The minimum Gasteiger partial charge on any atom is -0.360 e. The first-order valence-electron chi connectivity index (χ1n) is 5.32. The maximum Gasteiger partial charge on any atom is 0.255 e. The van der Waals surface area contributed by atoms with Gasteiger partial charge in [-0.05, 0) is 19.1 Å². The van der Waals surface area contributed by atoms with Gasteiger partial charge in [0, 0.05) is 11.1 Å². The van der Waals surface area contributed by atoms with Gasteiger partial charge in [-0.15, -0.1) is 11.3 Å². The molecule has 0 bridgehead atoms. The molecule has 1 atom stereocenters. The molecule has 17 heavy (non-hydrogen) atoms. The maximum absolute atomic E-state index is 11.9. The molecule has 86 valence electrons. The van der Waals surface area contributed by atoms with Gasteiger partial charge in [0.05, 0.1) is 16.3 Å². The summed E-state index contributed by atoms with van der Waals surface area (Å²) in [4.78, 5) is 16.3. The van der Waals surface area contributed by atoms with Gasteiger partial charge in [0.25, 0.3) is 5.91 Å². The molecule has 1 amide bonds. The van der Waals surface area contributed by atoms with Gasteiger partial charge in [-0.3, -0.25) is 4.79 Å². The maximum atomic E-state index is 11.9. The van der Waals surface area contributed by atoms with Crippen molar-refractivity contribution in [3.8, 4) is 0 Å². The number of carbonyl (C=O) groups is 1. The van der Waals surface area contributed by atoms with E-state index >= 15 is 0 Å². The number of nitrogens with zero attached hydrogens (tertiary/aromatic N) is 1. The molecule has 2 aromatic rings. The van der Waals surface area contributed by atoms with Gasteiger partial charge in [-0.25, -0.2) is 4.98 Å². The number of fused-ring (bicyclic) bond motifs is 1. The topological polar surface area (TPSA) is 54.0 Å². The van der Waals surface area contributed by atoms with E-state index in [1.807, 2.05) is 30.5 Å². The standard InChI is InChI=1S/C12H11N3OS/c1-7-13-10(6-17-7)11-14-9-5-3-2-4-8(9)12(16)15-11/h2-6,11,14H,1H3,(H,15,16)/t11-/m0/s1. The smallest absolute Gasteiger partial charge is 0.255 e. The predicted octanol–water partition coefficient (Wildman–Crippen LogP) is 2.31. The van der Waals surface area contributed by atoms with Crippen molar-refractivity contribution in [1.82, 2.24) is 10.3 Å². The minimum absolute atomic E-state index is 0.0602. The number of thiazole rings is 1. The molecule has 5 heteroatoms. The highest BCUT2D eigenvalue weighted by atomic mass is 32.1. The fraction of sp³-hybridized carbons (Fsp3) is 0.167. The summed E-state index contributed by atoms with van der Waals surface area (Å²) < 4.78 is 0. The molecule has 0 saturated heterocycles. The first-order chi connectivity index (χ1) is 8.24. The van der Waals surface area contributed by atoms with Crippen LogP contribution in [0.1, 0.15) is 27.2 Å². The van der Waals surface area contributed by atoms with E-state index in [4.69, 9.17) is 0 Å². The molecule has 0 fully saturated rings. The zero-order chi connectivity index (χ0) is 11.8. The molecule has 1 aliphatic rings. The quantitative estimate of drug-likeness (QED) is 0.810. The molecular weight excluding hydrogens is 234 g/mol. The lowest BCUT2D eigenvalue weighted by atomic mass is 10.1. The van der Waals surface area contributed by atoms with Crippen LogP contribution in [0.2, 0.25) is 0 Å². The van der Waals surface area contributed by atoms with Gasteiger partial charge in [0.15, 0.2) is 0 Å². The van der Waals surface area contributed by atoms with Crippen LogP contribution in [0.5, 0.6) is 0 Å². The summed E-state index contributed by atoms with van der Waals surface area (Å²) in [6, 6.07) is 7.47. The Balaban J connectivity index is 1.96. The Kier molecular flexibility index (Phi) is 2.33. The Morgan fingerprint density at radius 1 is 1.29 bits per heavy atom. The van der Waals surface area contributed by atoms with Crippen LogP contribution >= 0.6 is 11.3 Å². The fourth-order valence-electron chi connectivity index (χ4n) is 1.87. The minimum atomic E-state index is -0.234. The molecule has 4 nitrogen and oxygen atoms in total. The summed E-state index contributed by atoms with van der Waals surface area (Å²) >= 11 is 1.58. The zero-order valence-electron chi connectivity index (χ0n) is 9.23. The third kappa shape index (κ3) is 1.78. The molecule has 3 rings (SSSR count). The van der Waals surface area contributed by atoms with Gasteiger partial charge in [0.2, 0.25) is 0 Å². The SMILES string of the molecule is Cc1nc([C@@H]2NC(=O)c3ccccc3N2)cs1. The number of para-hydroxylation sites is 1. The number of carbonyl (C=O) groups excluding carboxylic acids is 1. The van der Waals surface area contributed by atoms with E-state index in [9.17, 15) is 4.79 Å². The van der Waals surface area contributed by atoms with Gasteiger partial charge in [-0.2, -0.15) is 0 Å². The van der Waals surface area contributed by atoms with Crippen molar-refractivity contribution in [3.05, 3.63) is 45.9 Å². The van der Waals surface area contributed by atoms with Crippen LogP contribution in [0.25, 0.3) is 0 Å². The number of amides is 1. The number of aromatic nitrogens is 1. The number of hydrogen-bond acceptors (Lipinski definition) is 4. The summed E-state index contributed by atoms with van der Waals surface area (Å²) in [7, 11) is 0. The van der Waals surface area contributed by atoms with Crippen molar-refractivity contribution < 1.29 is 4.79 Å². The second kappa shape index (κ2) is 3.85. The molecule has 2 heterocycles. The normalized spacial score (nSPS) is 18.2. The van der Waals surface area contributed by atoms with Crippen LogP contribution in [0.15, 0.2) is 29.6 Å². The molecular formula is C12H11N3OS. The molecule has 0 radical (unpaired) electrons. The number of nitrogens with one attached hydrogen (secondary N) is 2. The van der Waals surface area contributed by atoms with Gasteiger partial charge < -0.3 is 10.6 Å². The van der Waals surface area contributed by atoms with Gasteiger partial charge in [-0.1, -0.05) is 12.1 Å². The summed E-state index contributed by atoms with van der Waals surface area (Å²) in [5, 5.41) is 9.12. The zero-order valence-corrected chi connectivity index (χ0v) is 10.0. The number of anilines is 1. The molecule has 1 aromatic heterocycles. The number of benzene rings is 1. The van der Waals surface area contributed by atoms with Crippen LogP contribution in [0.4, 0.5) is 5.69 Å². The Morgan fingerprint density at radius 2 is 2.12 bits per heavy atom. The van der Waals surface area contributed by atoms with Crippen molar-refractivity contribution in [2.45, 2.75) is 13.1 Å². The van der Waals surface area contributed by atoms with E-state index in [2.05, 4.69) is 15.6 Å². The van der Waals surface area contributed by atoms with Gasteiger partial charge >= 0.3 is 0 Å². The van der Waals surface area contributed by atoms with Crippen molar-refractivity contribution in [2.24, 2.45) is 0 Å². The Labute approximate surface area is 103 Å². The highest BCUT2D eigenvalue weighted by Crippen LogP contribution is 2.26. The molecule has 1 aliphatic heterocycles. The molecule has 0 unspecified atom stereocenters. The average molecular weight is 245 g/mol. The Hall–Kier alpha value is -1.88. The molecule has 2 N–H and O–H groups in total. The lowest BCUT2D eigenvalue weighted by Crippen LogP contribution is -2.38. The lowest BCUT2D eigenvalue weighted by Gasteiger charge is -2.26. The third-order valence-electron chi connectivity index (χ3n) is 2.68. The van der Waals surface area contributed by atoms with Crippen LogP contribution in [0.3, 0.4) is 0 Å². The molecule has 0 spiro atoms. The largest absolute Gasteiger partial charge is 0.360 e. The predicted molar refractivity (Wildman–Crippen MR) is 67.1 cm³/mol. The van der Waals surface area contributed by atoms with Crippen molar-refractivity contribution >= 4 is 22.9 Å². The fourth-order valence-corrected chi connectivity index (χ4v) is 2.51. The highest BCUT2D eigenvalue weighted by Gasteiger charge is 2.25.